The summed E-state index contributed by atoms with van der Waals surface area (Å²) in [4.78, 5) is 23.0. The number of carbonyl (C=O) groups excluding carboxylic acids is 2. The lowest BCUT2D eigenvalue weighted by Crippen LogP contribution is -2.55. The molecule has 4 nitrogen and oxygen atoms in total. The molecule has 14 heavy (non-hydrogen) atoms. The molecule has 0 spiro atoms. The number of cyclic esters (lactones) is 2. The predicted molar refractivity (Wildman–Crippen MR) is 47.4 cm³/mol. The Kier molecular flexibility index (Phi) is 1.77. The molecule has 0 unspecified atom stereocenters. The molecule has 2 aliphatic heterocycles. The van der Waals surface area contributed by atoms with Crippen molar-refractivity contribution >= 4 is 11.9 Å². The third-order valence-corrected chi connectivity index (χ3v) is 3.28. The predicted octanol–water partition coefficient (Wildman–Crippen LogP) is 1.03. The van der Waals surface area contributed by atoms with Crippen molar-refractivity contribution in [2.24, 2.45) is 5.92 Å². The van der Waals surface area contributed by atoms with E-state index in [2.05, 4.69) is 0 Å². The summed E-state index contributed by atoms with van der Waals surface area (Å²) in [7, 11) is 0. The van der Waals surface area contributed by atoms with Gasteiger partial charge in [-0.05, 0) is 25.7 Å². The van der Waals surface area contributed by atoms with Crippen molar-refractivity contribution in [3.8, 4) is 0 Å². The molecular weight excluding hydrogens is 184 g/mol. The van der Waals surface area contributed by atoms with Crippen LogP contribution in [0.15, 0.2) is 0 Å². The Morgan fingerprint density at radius 3 is 2.43 bits per heavy atom. The highest BCUT2D eigenvalue weighted by molar-refractivity contribution is 5.98. The van der Waals surface area contributed by atoms with E-state index in [0.717, 1.165) is 0 Å². The Labute approximate surface area is 82.6 Å². The van der Waals surface area contributed by atoms with Crippen molar-refractivity contribution in [3.05, 3.63) is 0 Å². The maximum absolute atomic E-state index is 11.6. The minimum Gasteiger partial charge on any atom is -0.389 e. The van der Waals surface area contributed by atoms with Gasteiger partial charge in [-0.2, -0.15) is 0 Å². The van der Waals surface area contributed by atoms with Gasteiger partial charge in [-0.25, -0.2) is 9.59 Å². The molecule has 0 N–H and O–H groups in total. The van der Waals surface area contributed by atoms with E-state index in [1.54, 1.807) is 6.92 Å². The Morgan fingerprint density at radius 2 is 1.86 bits per heavy atom. The molecule has 2 fully saturated rings. The van der Waals surface area contributed by atoms with Gasteiger partial charge < -0.3 is 9.47 Å². The lowest BCUT2D eigenvalue weighted by atomic mass is 9.87. The fourth-order valence-corrected chi connectivity index (χ4v) is 2.14. The van der Waals surface area contributed by atoms with Crippen molar-refractivity contribution in [2.75, 3.05) is 0 Å². The van der Waals surface area contributed by atoms with Gasteiger partial charge in [0.1, 0.15) is 0 Å². The van der Waals surface area contributed by atoms with E-state index < -0.39 is 23.1 Å². The molecular formula is C10H14O4. The van der Waals surface area contributed by atoms with Crippen LogP contribution in [0.5, 0.6) is 0 Å². The van der Waals surface area contributed by atoms with E-state index >= 15 is 0 Å². The van der Waals surface area contributed by atoms with Gasteiger partial charge >= 0.3 is 11.9 Å². The average Bonchev–Trinajstić information content (AvgIpc) is 2.41. The van der Waals surface area contributed by atoms with Crippen molar-refractivity contribution < 1.29 is 19.1 Å². The van der Waals surface area contributed by atoms with Gasteiger partial charge in [0.15, 0.2) is 11.2 Å². The number of hydrogen-bond acceptors (Lipinski definition) is 4. The Hall–Kier alpha value is -0.900. The van der Waals surface area contributed by atoms with Crippen LogP contribution < -0.4 is 0 Å². The van der Waals surface area contributed by atoms with Gasteiger partial charge in [0.2, 0.25) is 0 Å². The summed E-state index contributed by atoms with van der Waals surface area (Å²) in [6.45, 7) is 5.50. The van der Waals surface area contributed by atoms with E-state index in [1.807, 2.05) is 13.8 Å². The minimum atomic E-state index is -0.905. The topological polar surface area (TPSA) is 52.6 Å². The van der Waals surface area contributed by atoms with Crippen LogP contribution in [-0.4, -0.2) is 23.1 Å². The first-order valence-electron chi connectivity index (χ1n) is 4.88. The molecule has 2 heterocycles. The Bertz CT molecular complexity index is 309. The first-order chi connectivity index (χ1) is 6.41. The van der Waals surface area contributed by atoms with Gasteiger partial charge in [-0.3, -0.25) is 0 Å². The van der Waals surface area contributed by atoms with E-state index in [-0.39, 0.29) is 5.92 Å². The fourth-order valence-electron chi connectivity index (χ4n) is 2.14. The van der Waals surface area contributed by atoms with Crippen LogP contribution >= 0.6 is 0 Å². The Balaban J connectivity index is 2.40. The molecule has 78 valence electrons. The highest BCUT2D eigenvalue weighted by Crippen LogP contribution is 2.46. The molecule has 0 amide bonds. The normalized spacial score (nSPS) is 41.7. The van der Waals surface area contributed by atoms with Crippen LogP contribution in [-0.2, 0) is 19.1 Å². The maximum atomic E-state index is 11.6. The van der Waals surface area contributed by atoms with Gasteiger partial charge in [-0.1, -0.05) is 13.8 Å². The monoisotopic (exact) mass is 198 g/mol. The van der Waals surface area contributed by atoms with Gasteiger partial charge in [-0.15, -0.1) is 0 Å². The summed E-state index contributed by atoms with van der Waals surface area (Å²) in [5, 5.41) is 0. The molecule has 2 rings (SSSR count). The first kappa shape index (κ1) is 9.65. The molecule has 0 aliphatic carbocycles. The summed E-state index contributed by atoms with van der Waals surface area (Å²) in [5.74, 6) is -1.03. The number of esters is 2. The van der Waals surface area contributed by atoms with Crippen LogP contribution in [0.1, 0.15) is 33.6 Å². The standard InChI is InChI=1S/C10H14O4/c1-6(2)10-5-4-9(3,14-10)7(11)13-8(10)12/h6H,4-5H2,1-3H3/t9-,10+/m1/s1. The molecule has 4 heteroatoms. The van der Waals surface area contributed by atoms with E-state index in [0.29, 0.717) is 12.8 Å². The largest absolute Gasteiger partial charge is 0.389 e. The van der Waals surface area contributed by atoms with Gasteiger partial charge in [0, 0.05) is 0 Å². The molecule has 0 radical (unpaired) electrons. The van der Waals surface area contributed by atoms with E-state index in [9.17, 15) is 9.59 Å². The average molecular weight is 198 g/mol. The van der Waals surface area contributed by atoms with E-state index in [4.69, 9.17) is 9.47 Å². The van der Waals surface area contributed by atoms with Crippen molar-refractivity contribution in [2.45, 2.75) is 44.8 Å². The highest BCUT2D eigenvalue weighted by atomic mass is 16.7. The van der Waals surface area contributed by atoms with Crippen molar-refractivity contribution in [3.63, 3.8) is 0 Å². The third kappa shape index (κ3) is 0.974. The van der Waals surface area contributed by atoms with Crippen LogP contribution in [0.3, 0.4) is 0 Å². The van der Waals surface area contributed by atoms with Crippen molar-refractivity contribution in [1.29, 1.82) is 0 Å². The zero-order valence-corrected chi connectivity index (χ0v) is 8.62. The zero-order valence-electron chi connectivity index (χ0n) is 8.62. The molecule has 2 aliphatic rings. The molecule has 0 aromatic carbocycles. The Morgan fingerprint density at radius 1 is 1.21 bits per heavy atom. The van der Waals surface area contributed by atoms with Gasteiger partial charge in [0.05, 0.1) is 0 Å². The number of ether oxygens (including phenoxy) is 2. The maximum Gasteiger partial charge on any atom is 0.346 e. The second kappa shape index (κ2) is 2.57. The molecule has 0 aromatic rings. The smallest absolute Gasteiger partial charge is 0.346 e. The molecule has 2 atom stereocenters. The fraction of sp³-hybridized carbons (Fsp3) is 0.800. The quantitative estimate of drug-likeness (QED) is 0.466. The summed E-state index contributed by atoms with van der Waals surface area (Å²) in [6.07, 6.45) is 1.14. The zero-order chi connectivity index (χ0) is 10.6. The molecule has 2 saturated heterocycles. The highest BCUT2D eigenvalue weighted by Gasteiger charge is 2.62. The van der Waals surface area contributed by atoms with Gasteiger partial charge in [0.25, 0.3) is 0 Å². The summed E-state index contributed by atoms with van der Waals surface area (Å²) in [5.41, 5.74) is -1.79. The second-order valence-corrected chi connectivity index (χ2v) is 4.55. The molecule has 2 bridgehead atoms. The number of carbonyl (C=O) groups is 2. The number of fused-ring (bicyclic) bond motifs is 2. The van der Waals surface area contributed by atoms with Crippen molar-refractivity contribution in [1.82, 2.24) is 0 Å². The number of hydrogen-bond donors (Lipinski definition) is 0. The first-order valence-corrected chi connectivity index (χ1v) is 4.88. The lowest BCUT2D eigenvalue weighted by molar-refractivity contribution is -0.219. The third-order valence-electron chi connectivity index (χ3n) is 3.28. The molecule has 0 saturated carbocycles. The number of rotatable bonds is 1. The summed E-state index contributed by atoms with van der Waals surface area (Å²) in [6, 6.07) is 0. The van der Waals surface area contributed by atoms with Crippen LogP contribution in [0.25, 0.3) is 0 Å². The second-order valence-electron chi connectivity index (χ2n) is 4.55. The van der Waals surface area contributed by atoms with Crippen LogP contribution in [0, 0.1) is 5.92 Å². The minimum absolute atomic E-state index is 0.0323. The van der Waals surface area contributed by atoms with Crippen LogP contribution in [0.4, 0.5) is 0 Å². The van der Waals surface area contributed by atoms with E-state index in [1.165, 1.54) is 0 Å². The lowest BCUT2D eigenvalue weighted by Gasteiger charge is -2.37. The van der Waals surface area contributed by atoms with Crippen LogP contribution in [0.2, 0.25) is 0 Å². The SMILES string of the molecule is CC(C)[C@]12CC[C@@](C)(O1)C(=O)OC2=O. The summed E-state index contributed by atoms with van der Waals surface area (Å²) < 4.78 is 10.4. The summed E-state index contributed by atoms with van der Waals surface area (Å²) >= 11 is 0. The molecule has 0 aromatic heterocycles.